The van der Waals surface area contributed by atoms with Crippen LogP contribution in [0.4, 0.5) is 0 Å². The molecule has 0 saturated heterocycles. The van der Waals surface area contributed by atoms with E-state index in [9.17, 15) is 9.90 Å². The van der Waals surface area contributed by atoms with Gasteiger partial charge in [-0.05, 0) is 24.3 Å². The van der Waals surface area contributed by atoms with Crippen LogP contribution in [0.2, 0.25) is 0 Å². The second-order valence-corrected chi connectivity index (χ2v) is 6.11. The lowest BCUT2D eigenvalue weighted by Crippen LogP contribution is -2.30. The molecule has 1 atom stereocenters. The molecular formula is C18H27NO2. The Labute approximate surface area is 127 Å². The number of rotatable bonds is 7. The molecule has 0 aliphatic heterocycles. The number of hydrogen-bond donors (Lipinski definition) is 2. The van der Waals surface area contributed by atoms with E-state index in [0.717, 1.165) is 17.9 Å². The second kappa shape index (κ2) is 8.83. The zero-order valence-electron chi connectivity index (χ0n) is 12.8. The van der Waals surface area contributed by atoms with Crippen LogP contribution in [0.5, 0.6) is 0 Å². The zero-order valence-corrected chi connectivity index (χ0v) is 12.8. The third-order valence-corrected chi connectivity index (χ3v) is 4.46. The summed E-state index contributed by atoms with van der Waals surface area (Å²) in [5.74, 6) is 0.878. The molecule has 116 valence electrons. The molecule has 0 aromatic heterocycles. The van der Waals surface area contributed by atoms with E-state index in [4.69, 9.17) is 0 Å². The largest absolute Gasteiger partial charge is 0.394 e. The molecule has 1 aromatic rings. The van der Waals surface area contributed by atoms with Crippen LogP contribution in [-0.2, 0) is 4.79 Å². The summed E-state index contributed by atoms with van der Waals surface area (Å²) in [7, 11) is 0. The molecule has 1 aromatic carbocycles. The molecule has 3 heteroatoms. The molecule has 1 saturated carbocycles. The summed E-state index contributed by atoms with van der Waals surface area (Å²) in [5, 5.41) is 12.4. The number of aliphatic hydroxyl groups excluding tert-OH is 1. The highest BCUT2D eigenvalue weighted by Gasteiger charge is 2.15. The van der Waals surface area contributed by atoms with E-state index in [0.29, 0.717) is 6.42 Å². The molecule has 3 nitrogen and oxygen atoms in total. The maximum atomic E-state index is 12.0. The summed E-state index contributed by atoms with van der Waals surface area (Å²) >= 11 is 0. The second-order valence-electron chi connectivity index (χ2n) is 6.11. The Bertz CT molecular complexity index is 412. The van der Waals surface area contributed by atoms with Crippen LogP contribution in [0, 0.1) is 5.92 Å². The summed E-state index contributed by atoms with van der Waals surface area (Å²) in [5.41, 5.74) is 0.959. The summed E-state index contributed by atoms with van der Waals surface area (Å²) in [6.45, 7) is -0.0572. The first-order valence-electron chi connectivity index (χ1n) is 8.24. The van der Waals surface area contributed by atoms with E-state index < -0.39 is 0 Å². The summed E-state index contributed by atoms with van der Waals surface area (Å²) in [4.78, 5) is 12.0. The van der Waals surface area contributed by atoms with E-state index in [1.165, 1.54) is 38.5 Å². The van der Waals surface area contributed by atoms with Crippen molar-refractivity contribution in [2.24, 2.45) is 5.92 Å². The average Bonchev–Trinajstić information content (AvgIpc) is 2.54. The van der Waals surface area contributed by atoms with Crippen molar-refractivity contribution in [3.8, 4) is 0 Å². The lowest BCUT2D eigenvalue weighted by atomic mass is 9.86. The fourth-order valence-electron chi connectivity index (χ4n) is 3.21. The van der Waals surface area contributed by atoms with E-state index in [2.05, 4.69) is 5.32 Å². The number of nitrogens with one attached hydrogen (secondary N) is 1. The minimum absolute atomic E-state index is 0.0497. The summed E-state index contributed by atoms with van der Waals surface area (Å²) in [6, 6.07) is 9.37. The molecule has 0 radical (unpaired) electrons. The van der Waals surface area contributed by atoms with Crippen molar-refractivity contribution in [1.29, 1.82) is 0 Å². The molecule has 0 bridgehead atoms. The van der Waals surface area contributed by atoms with Crippen LogP contribution in [0.1, 0.15) is 63.0 Å². The first-order valence-corrected chi connectivity index (χ1v) is 8.24. The molecule has 2 N–H and O–H groups in total. The standard InChI is InChI=1S/C18H27NO2/c20-14-17(16-11-5-2-6-12-16)19-18(21)13-7-10-15-8-3-1-4-9-15/h2,5-6,11-12,15,17,20H,1,3-4,7-10,13-14H2,(H,19,21)/t17-/m1/s1. The summed E-state index contributed by atoms with van der Waals surface area (Å²) < 4.78 is 0. The zero-order chi connectivity index (χ0) is 14.9. The topological polar surface area (TPSA) is 49.3 Å². The molecule has 2 rings (SSSR count). The Kier molecular flexibility index (Phi) is 6.74. The minimum Gasteiger partial charge on any atom is -0.394 e. The van der Waals surface area contributed by atoms with Gasteiger partial charge in [0.05, 0.1) is 12.6 Å². The molecule has 1 fully saturated rings. The predicted octanol–water partition coefficient (Wildman–Crippen LogP) is 3.59. The normalized spacial score (nSPS) is 17.4. The van der Waals surface area contributed by atoms with Gasteiger partial charge in [0.1, 0.15) is 0 Å². The third-order valence-electron chi connectivity index (χ3n) is 4.46. The minimum atomic E-state index is -0.284. The Hall–Kier alpha value is -1.35. The number of carbonyl (C=O) groups is 1. The Morgan fingerprint density at radius 2 is 1.90 bits per heavy atom. The quantitative estimate of drug-likeness (QED) is 0.806. The SMILES string of the molecule is O=C(CCCC1CCCCC1)N[C@H](CO)c1ccccc1. The lowest BCUT2D eigenvalue weighted by Gasteiger charge is -2.21. The number of benzene rings is 1. The molecular weight excluding hydrogens is 262 g/mol. The highest BCUT2D eigenvalue weighted by atomic mass is 16.3. The molecule has 0 unspecified atom stereocenters. The lowest BCUT2D eigenvalue weighted by molar-refractivity contribution is -0.122. The van der Waals surface area contributed by atoms with Crippen molar-refractivity contribution in [2.45, 2.75) is 57.4 Å². The van der Waals surface area contributed by atoms with Crippen LogP contribution < -0.4 is 5.32 Å². The molecule has 0 spiro atoms. The van der Waals surface area contributed by atoms with Crippen molar-refractivity contribution in [3.05, 3.63) is 35.9 Å². The molecule has 1 aliphatic carbocycles. The van der Waals surface area contributed by atoms with Crippen molar-refractivity contribution >= 4 is 5.91 Å². The van der Waals surface area contributed by atoms with Gasteiger partial charge in [-0.1, -0.05) is 62.4 Å². The van der Waals surface area contributed by atoms with Crippen LogP contribution >= 0.6 is 0 Å². The van der Waals surface area contributed by atoms with Crippen LogP contribution in [-0.4, -0.2) is 17.6 Å². The first-order chi connectivity index (χ1) is 10.3. The van der Waals surface area contributed by atoms with Crippen molar-refractivity contribution in [2.75, 3.05) is 6.61 Å². The fraction of sp³-hybridized carbons (Fsp3) is 0.611. The van der Waals surface area contributed by atoms with Gasteiger partial charge >= 0.3 is 0 Å². The van der Waals surface area contributed by atoms with Gasteiger partial charge in [0.15, 0.2) is 0 Å². The van der Waals surface area contributed by atoms with Crippen LogP contribution in [0.3, 0.4) is 0 Å². The predicted molar refractivity (Wildman–Crippen MR) is 84.8 cm³/mol. The number of amides is 1. The highest BCUT2D eigenvalue weighted by molar-refractivity contribution is 5.76. The first kappa shape index (κ1) is 16.0. The number of hydrogen-bond acceptors (Lipinski definition) is 2. The summed E-state index contributed by atoms with van der Waals surface area (Å²) in [6.07, 6.45) is 9.47. The van der Waals surface area contributed by atoms with Gasteiger partial charge in [0, 0.05) is 6.42 Å². The smallest absolute Gasteiger partial charge is 0.220 e. The fourth-order valence-corrected chi connectivity index (χ4v) is 3.21. The van der Waals surface area contributed by atoms with Gasteiger partial charge in [0.2, 0.25) is 5.91 Å². The maximum Gasteiger partial charge on any atom is 0.220 e. The Morgan fingerprint density at radius 1 is 1.19 bits per heavy atom. The van der Waals surface area contributed by atoms with Gasteiger partial charge in [-0.2, -0.15) is 0 Å². The third kappa shape index (κ3) is 5.50. The Morgan fingerprint density at radius 3 is 2.57 bits per heavy atom. The van der Waals surface area contributed by atoms with Crippen LogP contribution in [0.25, 0.3) is 0 Å². The van der Waals surface area contributed by atoms with E-state index >= 15 is 0 Å². The monoisotopic (exact) mass is 289 g/mol. The highest BCUT2D eigenvalue weighted by Crippen LogP contribution is 2.27. The van der Waals surface area contributed by atoms with Gasteiger partial charge in [-0.15, -0.1) is 0 Å². The molecule has 1 aliphatic rings. The molecule has 1 amide bonds. The maximum absolute atomic E-state index is 12.0. The van der Waals surface area contributed by atoms with Crippen molar-refractivity contribution in [1.82, 2.24) is 5.32 Å². The number of carbonyl (C=O) groups excluding carboxylic acids is 1. The van der Waals surface area contributed by atoms with Gasteiger partial charge in [-0.25, -0.2) is 0 Å². The van der Waals surface area contributed by atoms with Gasteiger partial charge in [0.25, 0.3) is 0 Å². The average molecular weight is 289 g/mol. The van der Waals surface area contributed by atoms with E-state index in [1.807, 2.05) is 30.3 Å². The van der Waals surface area contributed by atoms with Crippen molar-refractivity contribution in [3.63, 3.8) is 0 Å². The van der Waals surface area contributed by atoms with Gasteiger partial charge in [-0.3, -0.25) is 4.79 Å². The number of aliphatic hydroxyl groups is 1. The van der Waals surface area contributed by atoms with Crippen LogP contribution in [0.15, 0.2) is 30.3 Å². The van der Waals surface area contributed by atoms with E-state index in [-0.39, 0.29) is 18.6 Å². The van der Waals surface area contributed by atoms with Gasteiger partial charge < -0.3 is 10.4 Å². The van der Waals surface area contributed by atoms with E-state index in [1.54, 1.807) is 0 Å². The van der Waals surface area contributed by atoms with Crippen molar-refractivity contribution < 1.29 is 9.90 Å². The Balaban J connectivity index is 1.70. The molecule has 21 heavy (non-hydrogen) atoms. The molecule has 0 heterocycles.